The Morgan fingerprint density at radius 1 is 1.38 bits per heavy atom. The molecular formula is C27H36N2O3. The number of carboxylic acids is 1. The van der Waals surface area contributed by atoms with Gasteiger partial charge in [0, 0.05) is 36.6 Å². The van der Waals surface area contributed by atoms with E-state index in [1.165, 1.54) is 0 Å². The summed E-state index contributed by atoms with van der Waals surface area (Å²) < 4.78 is 2.10. The average Bonchev–Trinajstić information content (AvgIpc) is 3.00. The van der Waals surface area contributed by atoms with Crippen LogP contribution in [0.25, 0.3) is 5.57 Å². The van der Waals surface area contributed by atoms with Crippen LogP contribution in [-0.4, -0.2) is 28.4 Å². The third kappa shape index (κ3) is 4.17. The quantitative estimate of drug-likeness (QED) is 0.622. The second-order valence-electron chi connectivity index (χ2n) is 10.0. The van der Waals surface area contributed by atoms with Crippen molar-refractivity contribution in [2.75, 3.05) is 7.05 Å². The molecule has 0 saturated heterocycles. The predicted octanol–water partition coefficient (Wildman–Crippen LogP) is 5.93. The third-order valence-corrected chi connectivity index (χ3v) is 7.33. The van der Waals surface area contributed by atoms with Crippen LogP contribution in [0.3, 0.4) is 0 Å². The van der Waals surface area contributed by atoms with Crippen molar-refractivity contribution in [2.24, 2.45) is 22.2 Å². The Labute approximate surface area is 191 Å². The van der Waals surface area contributed by atoms with Crippen LogP contribution >= 0.6 is 0 Å². The standard InChI is InChI=1S/C27H36N2O3/c1-8-16(2)23(19-11-9-10-17(3)24(19)28-7)21-14-22(30)20(26(31)32)15-29(21)25-18(4)12-13-27(25,5)6/h9-11,14-16,18,25H,8,12-13H2,1-7H3,(H,31,32)/b23-19+,28-24-. The monoisotopic (exact) mass is 436 g/mol. The van der Waals surface area contributed by atoms with E-state index in [0.717, 1.165) is 47.4 Å². The lowest BCUT2D eigenvalue weighted by Crippen LogP contribution is -2.31. The molecule has 3 atom stereocenters. The maximum absolute atomic E-state index is 12.9. The molecule has 172 valence electrons. The molecule has 3 unspecified atom stereocenters. The Morgan fingerprint density at radius 2 is 2.06 bits per heavy atom. The zero-order valence-electron chi connectivity index (χ0n) is 20.4. The molecule has 32 heavy (non-hydrogen) atoms. The summed E-state index contributed by atoms with van der Waals surface area (Å²) in [5.74, 6) is -0.638. The van der Waals surface area contributed by atoms with Gasteiger partial charge in [-0.15, -0.1) is 0 Å². The summed E-state index contributed by atoms with van der Waals surface area (Å²) in [5.41, 5.74) is 4.26. The smallest absolute Gasteiger partial charge is 0.341 e. The molecule has 0 aromatic carbocycles. The molecule has 1 fully saturated rings. The van der Waals surface area contributed by atoms with E-state index >= 15 is 0 Å². The zero-order valence-corrected chi connectivity index (χ0v) is 20.4. The SMILES string of the molecule is CCC(C)/C(=C1/C=CC=C(C)/C1=N/C)c1cc(=O)c(C(=O)O)cn1C1C(C)CCC1(C)C. The van der Waals surface area contributed by atoms with Gasteiger partial charge in [-0.05, 0) is 54.6 Å². The molecule has 1 heterocycles. The highest BCUT2D eigenvalue weighted by molar-refractivity contribution is 6.19. The molecule has 0 radical (unpaired) electrons. The van der Waals surface area contributed by atoms with Crippen LogP contribution in [0, 0.1) is 17.3 Å². The van der Waals surface area contributed by atoms with Gasteiger partial charge in [-0.25, -0.2) is 4.79 Å². The lowest BCUT2D eigenvalue weighted by atomic mass is 9.82. The minimum absolute atomic E-state index is 0.00979. The van der Waals surface area contributed by atoms with Crippen molar-refractivity contribution in [1.29, 1.82) is 0 Å². The van der Waals surface area contributed by atoms with Gasteiger partial charge >= 0.3 is 5.97 Å². The summed E-state index contributed by atoms with van der Waals surface area (Å²) in [4.78, 5) is 29.4. The molecule has 5 nitrogen and oxygen atoms in total. The van der Waals surface area contributed by atoms with E-state index in [1.807, 2.05) is 19.1 Å². The molecule has 0 bridgehead atoms. The van der Waals surface area contributed by atoms with Gasteiger partial charge in [0.25, 0.3) is 0 Å². The Hall–Kier alpha value is -2.69. The first kappa shape index (κ1) is 24.0. The largest absolute Gasteiger partial charge is 0.477 e. The van der Waals surface area contributed by atoms with Crippen molar-refractivity contribution in [3.63, 3.8) is 0 Å². The highest BCUT2D eigenvalue weighted by Crippen LogP contribution is 2.50. The lowest BCUT2D eigenvalue weighted by Gasteiger charge is -2.36. The Bertz CT molecular complexity index is 1100. The van der Waals surface area contributed by atoms with Crippen LogP contribution in [0.15, 0.2) is 51.4 Å². The summed E-state index contributed by atoms with van der Waals surface area (Å²) in [6, 6.07) is 1.65. The van der Waals surface area contributed by atoms with Crippen LogP contribution < -0.4 is 5.43 Å². The number of rotatable bonds is 5. The number of aromatic carboxylic acids is 1. The number of hydrogen-bond donors (Lipinski definition) is 1. The van der Waals surface area contributed by atoms with Crippen LogP contribution in [0.1, 0.15) is 82.9 Å². The molecular weight excluding hydrogens is 400 g/mol. The summed E-state index contributed by atoms with van der Waals surface area (Å²) >= 11 is 0. The van der Waals surface area contributed by atoms with Gasteiger partial charge < -0.3 is 9.67 Å². The molecule has 1 aromatic heterocycles. The minimum Gasteiger partial charge on any atom is -0.477 e. The minimum atomic E-state index is -1.18. The predicted molar refractivity (Wildman–Crippen MR) is 132 cm³/mol. The molecule has 1 aromatic rings. The molecule has 2 aliphatic rings. The maximum Gasteiger partial charge on any atom is 0.341 e. The van der Waals surface area contributed by atoms with E-state index in [-0.39, 0.29) is 22.9 Å². The van der Waals surface area contributed by atoms with Gasteiger partial charge in [-0.2, -0.15) is 0 Å². The molecule has 5 heteroatoms. The Kier molecular flexibility index (Phi) is 6.77. The lowest BCUT2D eigenvalue weighted by molar-refractivity contribution is 0.0693. The van der Waals surface area contributed by atoms with Gasteiger partial charge in [-0.3, -0.25) is 9.79 Å². The van der Waals surface area contributed by atoms with E-state index in [4.69, 9.17) is 0 Å². The molecule has 1 N–H and O–H groups in total. The Balaban J connectivity index is 2.43. The van der Waals surface area contributed by atoms with Gasteiger partial charge in [-0.1, -0.05) is 52.8 Å². The topological polar surface area (TPSA) is 71.7 Å². The van der Waals surface area contributed by atoms with E-state index in [1.54, 1.807) is 19.3 Å². The van der Waals surface area contributed by atoms with Gasteiger partial charge in [0.15, 0.2) is 5.43 Å². The van der Waals surface area contributed by atoms with Gasteiger partial charge in [0.2, 0.25) is 0 Å². The van der Waals surface area contributed by atoms with E-state index in [2.05, 4.69) is 50.3 Å². The zero-order chi connectivity index (χ0) is 23.8. The second-order valence-corrected chi connectivity index (χ2v) is 10.0. The van der Waals surface area contributed by atoms with Crippen LogP contribution in [0.4, 0.5) is 0 Å². The first-order valence-electron chi connectivity index (χ1n) is 11.6. The molecule has 1 saturated carbocycles. The number of allylic oxidation sites excluding steroid dienone is 6. The summed E-state index contributed by atoms with van der Waals surface area (Å²) in [7, 11) is 1.79. The second kappa shape index (κ2) is 9.05. The van der Waals surface area contributed by atoms with Crippen LogP contribution in [0.2, 0.25) is 0 Å². The molecule has 0 amide bonds. The van der Waals surface area contributed by atoms with Crippen LogP contribution in [-0.2, 0) is 0 Å². The van der Waals surface area contributed by atoms with Crippen molar-refractivity contribution < 1.29 is 9.90 Å². The highest BCUT2D eigenvalue weighted by atomic mass is 16.4. The summed E-state index contributed by atoms with van der Waals surface area (Å²) in [5, 5.41) is 9.71. The summed E-state index contributed by atoms with van der Waals surface area (Å²) in [6.45, 7) is 13.1. The van der Waals surface area contributed by atoms with E-state index < -0.39 is 11.4 Å². The van der Waals surface area contributed by atoms with Crippen molar-refractivity contribution >= 4 is 17.3 Å². The third-order valence-electron chi connectivity index (χ3n) is 7.33. The number of carbonyl (C=O) groups is 1. The van der Waals surface area contributed by atoms with Crippen LogP contribution in [0.5, 0.6) is 0 Å². The fourth-order valence-corrected chi connectivity index (χ4v) is 5.52. The van der Waals surface area contributed by atoms with Gasteiger partial charge in [0.1, 0.15) is 5.56 Å². The van der Waals surface area contributed by atoms with E-state index in [0.29, 0.717) is 5.92 Å². The van der Waals surface area contributed by atoms with E-state index in [9.17, 15) is 14.7 Å². The average molecular weight is 437 g/mol. The first-order valence-corrected chi connectivity index (χ1v) is 11.6. The number of aromatic nitrogens is 1. The summed E-state index contributed by atoms with van der Waals surface area (Å²) in [6.07, 6.45) is 10.8. The number of pyridine rings is 1. The normalized spacial score (nSPS) is 26.2. The molecule has 0 spiro atoms. The fraction of sp³-hybridized carbons (Fsp3) is 0.519. The fourth-order valence-electron chi connectivity index (χ4n) is 5.52. The van der Waals surface area contributed by atoms with Crippen molar-refractivity contribution in [3.8, 4) is 0 Å². The first-order chi connectivity index (χ1) is 15.0. The van der Waals surface area contributed by atoms with Crippen molar-refractivity contribution in [3.05, 3.63) is 63.1 Å². The van der Waals surface area contributed by atoms with Crippen molar-refractivity contribution in [1.82, 2.24) is 4.57 Å². The highest BCUT2D eigenvalue weighted by Gasteiger charge is 2.42. The molecule has 3 rings (SSSR count). The number of hydrogen-bond acceptors (Lipinski definition) is 3. The Morgan fingerprint density at radius 3 is 2.59 bits per heavy atom. The number of nitrogens with zero attached hydrogens (tertiary/aromatic N) is 2. The van der Waals surface area contributed by atoms with Crippen molar-refractivity contribution in [2.45, 2.75) is 66.8 Å². The maximum atomic E-state index is 12.9. The number of aliphatic imine (C=N–C) groups is 1. The van der Waals surface area contributed by atoms with Gasteiger partial charge in [0.05, 0.1) is 5.71 Å². The molecule has 0 aliphatic heterocycles. The molecule has 2 aliphatic carbocycles. The number of carboxylic acid groups (broad SMARTS) is 1.